The van der Waals surface area contributed by atoms with Gasteiger partial charge in [0.25, 0.3) is 0 Å². The Labute approximate surface area is 126 Å². The normalized spacial score (nSPS) is 11.7. The lowest BCUT2D eigenvalue weighted by Gasteiger charge is -2.12. The largest absolute Gasteiger partial charge is 0.478 e. The van der Waals surface area contributed by atoms with Gasteiger partial charge in [-0.1, -0.05) is 38.1 Å². The second-order valence-corrected chi connectivity index (χ2v) is 5.38. The summed E-state index contributed by atoms with van der Waals surface area (Å²) in [5.41, 5.74) is 0.516. The molecule has 0 heterocycles. The number of aromatic carboxylic acids is 1. The highest BCUT2D eigenvalue weighted by Crippen LogP contribution is 2.33. The lowest BCUT2D eigenvalue weighted by atomic mass is 9.96. The highest BCUT2D eigenvalue weighted by Gasteiger charge is 2.31. The fraction of sp³-hybridized carbons (Fsp3) is 0.235. The molecule has 1 N–H and O–H groups in total. The van der Waals surface area contributed by atoms with Gasteiger partial charge in [-0.15, -0.1) is 0 Å². The van der Waals surface area contributed by atoms with Crippen molar-refractivity contribution in [1.82, 2.24) is 0 Å². The second-order valence-electron chi connectivity index (χ2n) is 5.38. The van der Waals surface area contributed by atoms with E-state index in [0.717, 1.165) is 11.6 Å². The van der Waals surface area contributed by atoms with E-state index in [1.54, 1.807) is 12.1 Å². The van der Waals surface area contributed by atoms with E-state index in [1.165, 1.54) is 6.07 Å². The number of rotatable bonds is 3. The van der Waals surface area contributed by atoms with Crippen molar-refractivity contribution in [3.8, 4) is 11.1 Å². The molecule has 0 aliphatic rings. The molecular weight excluding hydrogens is 293 g/mol. The maximum atomic E-state index is 12.9. The molecule has 0 unspecified atom stereocenters. The summed E-state index contributed by atoms with van der Waals surface area (Å²) in [5, 5.41) is 9.00. The van der Waals surface area contributed by atoms with Gasteiger partial charge in [0.2, 0.25) is 0 Å². The minimum absolute atomic E-state index is 0.238. The fourth-order valence-corrected chi connectivity index (χ4v) is 2.14. The Morgan fingerprint density at radius 2 is 1.59 bits per heavy atom. The minimum atomic E-state index is -4.59. The average molecular weight is 308 g/mol. The zero-order valence-electron chi connectivity index (χ0n) is 12.1. The first kappa shape index (κ1) is 16.1. The van der Waals surface area contributed by atoms with Crippen molar-refractivity contribution in [2.24, 2.45) is 0 Å². The molecular formula is C17H15F3O2. The number of benzene rings is 2. The van der Waals surface area contributed by atoms with Gasteiger partial charge in [0.15, 0.2) is 0 Å². The van der Waals surface area contributed by atoms with Gasteiger partial charge in [-0.25, -0.2) is 4.79 Å². The SMILES string of the molecule is CC(C)c1ccc(-c2cc(C(=O)O)cc(C(F)(F)F)c2)cc1. The molecule has 0 aliphatic heterocycles. The maximum absolute atomic E-state index is 12.9. The summed E-state index contributed by atoms with van der Waals surface area (Å²) in [6.45, 7) is 4.03. The van der Waals surface area contributed by atoms with E-state index >= 15 is 0 Å². The van der Waals surface area contributed by atoms with Gasteiger partial charge in [0, 0.05) is 0 Å². The van der Waals surface area contributed by atoms with Crippen molar-refractivity contribution < 1.29 is 23.1 Å². The molecule has 0 spiro atoms. The Hall–Kier alpha value is -2.30. The summed E-state index contributed by atoms with van der Waals surface area (Å²) in [5.74, 6) is -1.07. The molecule has 2 nitrogen and oxygen atoms in total. The van der Waals surface area contributed by atoms with Crippen LogP contribution in [0.2, 0.25) is 0 Å². The molecule has 0 amide bonds. The first-order valence-electron chi connectivity index (χ1n) is 6.74. The number of hydrogen-bond acceptors (Lipinski definition) is 1. The molecule has 2 aromatic rings. The number of halogens is 3. The van der Waals surface area contributed by atoms with E-state index < -0.39 is 17.7 Å². The molecule has 2 rings (SSSR count). The van der Waals surface area contributed by atoms with Crippen molar-refractivity contribution in [2.75, 3.05) is 0 Å². The third kappa shape index (κ3) is 3.47. The molecule has 116 valence electrons. The van der Waals surface area contributed by atoms with Gasteiger partial charge < -0.3 is 5.11 Å². The van der Waals surface area contributed by atoms with Gasteiger partial charge >= 0.3 is 12.1 Å². The number of hydrogen-bond donors (Lipinski definition) is 1. The zero-order valence-corrected chi connectivity index (χ0v) is 12.1. The van der Waals surface area contributed by atoms with Gasteiger partial charge in [0.05, 0.1) is 11.1 Å². The van der Waals surface area contributed by atoms with Crippen molar-refractivity contribution in [3.63, 3.8) is 0 Å². The van der Waals surface area contributed by atoms with Crippen LogP contribution in [0.1, 0.15) is 41.3 Å². The van der Waals surface area contributed by atoms with Gasteiger partial charge in [-0.2, -0.15) is 13.2 Å². The minimum Gasteiger partial charge on any atom is -0.478 e. The first-order valence-corrected chi connectivity index (χ1v) is 6.74. The summed E-state index contributed by atoms with van der Waals surface area (Å²) >= 11 is 0. The molecule has 0 fully saturated rings. The van der Waals surface area contributed by atoms with Crippen LogP contribution in [0.15, 0.2) is 42.5 Å². The Balaban J connectivity index is 2.54. The Morgan fingerprint density at radius 1 is 1.00 bits per heavy atom. The third-order valence-electron chi connectivity index (χ3n) is 3.42. The van der Waals surface area contributed by atoms with Crippen LogP contribution in [0.3, 0.4) is 0 Å². The molecule has 0 atom stereocenters. The number of carboxylic acid groups (broad SMARTS) is 1. The summed E-state index contributed by atoms with van der Waals surface area (Å²) < 4.78 is 38.7. The van der Waals surface area contributed by atoms with Crippen LogP contribution in [-0.2, 0) is 6.18 Å². The van der Waals surface area contributed by atoms with Crippen LogP contribution in [-0.4, -0.2) is 11.1 Å². The molecule has 5 heteroatoms. The molecule has 0 saturated heterocycles. The highest BCUT2D eigenvalue weighted by molar-refractivity contribution is 5.90. The Bertz CT molecular complexity index is 686. The smallest absolute Gasteiger partial charge is 0.416 e. The van der Waals surface area contributed by atoms with Crippen LogP contribution >= 0.6 is 0 Å². The molecule has 0 saturated carbocycles. The molecule has 2 aromatic carbocycles. The monoisotopic (exact) mass is 308 g/mol. The topological polar surface area (TPSA) is 37.3 Å². The van der Waals surface area contributed by atoms with Gasteiger partial charge in [-0.05, 0) is 40.8 Å². The predicted octanol–water partition coefficient (Wildman–Crippen LogP) is 5.19. The van der Waals surface area contributed by atoms with Crippen molar-refractivity contribution in [1.29, 1.82) is 0 Å². The van der Waals surface area contributed by atoms with Crippen LogP contribution in [0.4, 0.5) is 13.2 Å². The highest BCUT2D eigenvalue weighted by atomic mass is 19.4. The van der Waals surface area contributed by atoms with E-state index in [9.17, 15) is 18.0 Å². The summed E-state index contributed by atoms with van der Waals surface area (Å²) in [6.07, 6.45) is -4.59. The molecule has 0 bridgehead atoms. The van der Waals surface area contributed by atoms with Crippen molar-refractivity contribution >= 4 is 5.97 Å². The summed E-state index contributed by atoms with van der Waals surface area (Å²) in [4.78, 5) is 11.0. The van der Waals surface area contributed by atoms with Gasteiger partial charge in [0.1, 0.15) is 0 Å². The number of alkyl halides is 3. The molecule has 0 radical (unpaired) electrons. The Kier molecular flexibility index (Phi) is 4.26. The predicted molar refractivity (Wildman–Crippen MR) is 77.9 cm³/mol. The Morgan fingerprint density at radius 3 is 2.05 bits per heavy atom. The third-order valence-corrected chi connectivity index (χ3v) is 3.42. The van der Waals surface area contributed by atoms with E-state index in [1.807, 2.05) is 26.0 Å². The van der Waals surface area contributed by atoms with E-state index in [4.69, 9.17) is 5.11 Å². The average Bonchev–Trinajstić information content (AvgIpc) is 2.46. The second kappa shape index (κ2) is 5.83. The molecule has 22 heavy (non-hydrogen) atoms. The molecule has 0 aromatic heterocycles. The van der Waals surface area contributed by atoms with Crippen LogP contribution in [0.25, 0.3) is 11.1 Å². The van der Waals surface area contributed by atoms with Gasteiger partial charge in [-0.3, -0.25) is 0 Å². The van der Waals surface area contributed by atoms with Crippen LogP contribution in [0.5, 0.6) is 0 Å². The number of carbonyl (C=O) groups is 1. The summed E-state index contributed by atoms with van der Waals surface area (Å²) in [7, 11) is 0. The number of carboxylic acids is 1. The van der Waals surface area contributed by atoms with Crippen LogP contribution in [0, 0.1) is 0 Å². The van der Waals surface area contributed by atoms with E-state index in [0.29, 0.717) is 17.5 Å². The van der Waals surface area contributed by atoms with E-state index in [2.05, 4.69) is 0 Å². The first-order chi connectivity index (χ1) is 10.2. The fourth-order valence-electron chi connectivity index (χ4n) is 2.14. The standard InChI is InChI=1S/C17H15F3O2/c1-10(2)11-3-5-12(6-4-11)13-7-14(16(21)22)9-15(8-13)17(18,19)20/h3-10H,1-2H3,(H,21,22). The maximum Gasteiger partial charge on any atom is 0.416 e. The quantitative estimate of drug-likeness (QED) is 0.846. The van der Waals surface area contributed by atoms with Crippen molar-refractivity contribution in [3.05, 3.63) is 59.2 Å². The van der Waals surface area contributed by atoms with E-state index in [-0.39, 0.29) is 11.1 Å². The lowest BCUT2D eigenvalue weighted by molar-refractivity contribution is -0.137. The molecule has 0 aliphatic carbocycles. The summed E-state index contributed by atoms with van der Waals surface area (Å²) in [6, 6.07) is 9.95. The zero-order chi connectivity index (χ0) is 16.5. The van der Waals surface area contributed by atoms with Crippen LogP contribution < -0.4 is 0 Å². The lowest BCUT2D eigenvalue weighted by Crippen LogP contribution is -2.08. The van der Waals surface area contributed by atoms with Crippen molar-refractivity contribution in [2.45, 2.75) is 25.9 Å².